The molecule has 214 valence electrons. The summed E-state index contributed by atoms with van der Waals surface area (Å²) in [6, 6.07) is 6.64. The fourth-order valence-corrected chi connectivity index (χ4v) is 5.74. The van der Waals surface area contributed by atoms with Crippen molar-refractivity contribution in [2.45, 2.75) is 68.9 Å². The van der Waals surface area contributed by atoms with Crippen molar-refractivity contribution in [2.24, 2.45) is 5.92 Å². The third kappa shape index (κ3) is 7.30. The Labute approximate surface area is 225 Å². The molecule has 1 aliphatic rings. The Hall–Kier alpha value is -3.11. The molecule has 1 aromatic carbocycles. The molecule has 2 atom stereocenters. The van der Waals surface area contributed by atoms with Crippen molar-refractivity contribution in [2.75, 3.05) is 19.9 Å². The minimum atomic E-state index is -4.34. The van der Waals surface area contributed by atoms with Gasteiger partial charge < -0.3 is 15.2 Å². The summed E-state index contributed by atoms with van der Waals surface area (Å²) in [6.07, 6.45) is -0.993. The first-order valence-corrected chi connectivity index (χ1v) is 14.5. The number of hydrogen-bond donors (Lipinski definition) is 2. The van der Waals surface area contributed by atoms with E-state index in [1.165, 1.54) is 36.3 Å². The molecule has 2 aromatic rings. The molecule has 13 heteroatoms. The highest BCUT2D eigenvalue weighted by Crippen LogP contribution is 2.33. The third-order valence-corrected chi connectivity index (χ3v) is 8.88. The van der Waals surface area contributed by atoms with Gasteiger partial charge in [0.2, 0.25) is 0 Å². The molecule has 0 aliphatic heterocycles. The van der Waals surface area contributed by atoms with Crippen molar-refractivity contribution in [3.8, 4) is 17.5 Å². The summed E-state index contributed by atoms with van der Waals surface area (Å²) in [7, 11) is -1.84. The van der Waals surface area contributed by atoms with E-state index in [9.17, 15) is 36.8 Å². The normalized spacial score (nSPS) is 21.6. The predicted molar refractivity (Wildman–Crippen MR) is 137 cm³/mol. The molecule has 1 heterocycles. The Morgan fingerprint density at radius 2 is 1.97 bits per heavy atom. The van der Waals surface area contributed by atoms with E-state index in [-0.39, 0.29) is 43.1 Å². The molecule has 2 N–H and O–H groups in total. The molecule has 0 radical (unpaired) electrons. The lowest BCUT2D eigenvalue weighted by Crippen LogP contribution is -2.47. The molecular formula is C26H33F3N4O5S. The lowest BCUT2D eigenvalue weighted by molar-refractivity contribution is -0.169. The van der Waals surface area contributed by atoms with E-state index >= 15 is 0 Å². The maximum absolute atomic E-state index is 13.0. The number of nitrogens with zero attached hydrogens (tertiary/aromatic N) is 3. The van der Waals surface area contributed by atoms with Gasteiger partial charge >= 0.3 is 6.18 Å². The zero-order valence-electron chi connectivity index (χ0n) is 22.2. The van der Waals surface area contributed by atoms with Crippen LogP contribution in [0.2, 0.25) is 0 Å². The van der Waals surface area contributed by atoms with Crippen molar-refractivity contribution in [1.29, 1.82) is 5.26 Å². The highest BCUT2D eigenvalue weighted by molar-refractivity contribution is 7.91. The first-order chi connectivity index (χ1) is 18.1. The van der Waals surface area contributed by atoms with Crippen molar-refractivity contribution in [3.63, 3.8) is 0 Å². The van der Waals surface area contributed by atoms with Gasteiger partial charge in [0.05, 0.1) is 35.6 Å². The van der Waals surface area contributed by atoms with Crippen LogP contribution in [0, 0.1) is 17.2 Å². The zero-order valence-corrected chi connectivity index (χ0v) is 23.1. The highest BCUT2D eigenvalue weighted by Gasteiger charge is 2.38. The summed E-state index contributed by atoms with van der Waals surface area (Å²) in [5.74, 6) is -2.42. The van der Waals surface area contributed by atoms with Gasteiger partial charge in [0.25, 0.3) is 5.91 Å². The van der Waals surface area contributed by atoms with E-state index in [0.29, 0.717) is 24.1 Å². The number of carbonyl (C=O) groups excluding carboxylic acids is 1. The van der Waals surface area contributed by atoms with Crippen LogP contribution in [0.4, 0.5) is 13.2 Å². The van der Waals surface area contributed by atoms with E-state index in [4.69, 9.17) is 4.74 Å². The van der Waals surface area contributed by atoms with E-state index in [1.807, 2.05) is 0 Å². The van der Waals surface area contributed by atoms with E-state index in [2.05, 4.69) is 16.4 Å². The Morgan fingerprint density at radius 1 is 1.33 bits per heavy atom. The number of imidazole rings is 1. The van der Waals surface area contributed by atoms with Crippen LogP contribution in [-0.2, 0) is 16.3 Å². The molecule has 0 saturated heterocycles. The summed E-state index contributed by atoms with van der Waals surface area (Å²) in [4.78, 5) is 17.3. The van der Waals surface area contributed by atoms with Crippen molar-refractivity contribution in [1.82, 2.24) is 14.9 Å². The number of sulfone groups is 1. The number of alkyl halides is 3. The van der Waals surface area contributed by atoms with Crippen molar-refractivity contribution >= 4 is 15.7 Å². The largest absolute Gasteiger partial charge is 0.495 e. The Kier molecular flexibility index (Phi) is 9.02. The minimum Gasteiger partial charge on any atom is -0.495 e. The number of nitrogens with one attached hydrogen (secondary N) is 1. The Balaban J connectivity index is 1.83. The van der Waals surface area contributed by atoms with Crippen LogP contribution in [0.25, 0.3) is 5.69 Å². The summed E-state index contributed by atoms with van der Waals surface area (Å²) in [5, 5.41) is 22.5. The fourth-order valence-electron chi connectivity index (χ4n) is 4.65. The number of carbonyl (C=O) groups is 1. The number of benzene rings is 1. The average molecular weight is 571 g/mol. The molecule has 1 aliphatic carbocycles. The van der Waals surface area contributed by atoms with Crippen LogP contribution in [0.15, 0.2) is 24.4 Å². The maximum atomic E-state index is 13.0. The van der Waals surface area contributed by atoms with Crippen LogP contribution in [0.3, 0.4) is 0 Å². The average Bonchev–Trinajstić information content (AvgIpc) is 3.31. The van der Waals surface area contributed by atoms with Gasteiger partial charge in [-0.25, -0.2) is 13.4 Å². The zero-order chi connectivity index (χ0) is 29.2. The Morgan fingerprint density at radius 3 is 2.51 bits per heavy atom. The van der Waals surface area contributed by atoms with Gasteiger partial charge in [0.15, 0.2) is 0 Å². The number of hydrogen-bond acceptors (Lipinski definition) is 7. The monoisotopic (exact) mass is 570 g/mol. The quantitative estimate of drug-likeness (QED) is 0.470. The van der Waals surface area contributed by atoms with Crippen LogP contribution >= 0.6 is 0 Å². The lowest BCUT2D eigenvalue weighted by atomic mass is 9.84. The molecule has 3 rings (SSSR count). The van der Waals surface area contributed by atoms with Gasteiger partial charge in [-0.1, -0.05) is 13.0 Å². The second kappa shape index (κ2) is 11.6. The number of aliphatic hydroxyl groups is 1. The second-order valence-corrected chi connectivity index (χ2v) is 12.6. The lowest BCUT2D eigenvalue weighted by Gasteiger charge is -2.35. The molecule has 1 saturated carbocycles. The first-order valence-electron chi connectivity index (χ1n) is 12.5. The molecule has 1 fully saturated rings. The maximum Gasteiger partial charge on any atom is 0.391 e. The number of methoxy groups -OCH3 is 1. The SMILES string of the molecule is COc1cc(C[C@H](C)C(F)(F)F)ccc1-n1cc(C(=O)NCC2(O)CCC(S(C)(=O)=O)CC2)nc1[C@@H](C)C#N. The topological polar surface area (TPSA) is 134 Å². The smallest absolute Gasteiger partial charge is 0.391 e. The predicted octanol–water partition coefficient (Wildman–Crippen LogP) is 3.70. The second-order valence-electron chi connectivity index (χ2n) is 10.3. The van der Waals surface area contributed by atoms with E-state index in [0.717, 1.165) is 6.92 Å². The van der Waals surface area contributed by atoms with Gasteiger partial charge in [-0.15, -0.1) is 0 Å². The number of nitriles is 1. The molecular weight excluding hydrogens is 537 g/mol. The minimum absolute atomic E-state index is 0.0302. The van der Waals surface area contributed by atoms with E-state index < -0.39 is 44.6 Å². The summed E-state index contributed by atoms with van der Waals surface area (Å²) >= 11 is 0. The molecule has 9 nitrogen and oxygen atoms in total. The molecule has 39 heavy (non-hydrogen) atoms. The number of amides is 1. The number of aromatic nitrogens is 2. The number of ether oxygens (including phenoxy) is 1. The van der Waals surface area contributed by atoms with Gasteiger partial charge in [-0.2, -0.15) is 18.4 Å². The van der Waals surface area contributed by atoms with Crippen LogP contribution in [0.1, 0.15) is 67.3 Å². The standard InChI is InChI=1S/C26H33F3N4O5S/c1-16(13-30)23-32-20(24(34)31-15-25(35)9-7-19(8-10-25)39(4,36)37)14-33(23)21-6-5-18(12-22(21)38-3)11-17(2)26(27,28)29/h5-6,12,14,16-17,19,35H,7-11,15H2,1-4H3,(H,31,34)/t16-,17-,19?,25?/m0/s1. The first kappa shape index (κ1) is 30.4. The van der Waals surface area contributed by atoms with Crippen molar-refractivity contribution in [3.05, 3.63) is 41.5 Å². The van der Waals surface area contributed by atoms with Crippen LogP contribution < -0.4 is 10.1 Å². The van der Waals surface area contributed by atoms with Gasteiger partial charge in [0, 0.05) is 19.0 Å². The molecule has 1 amide bonds. The molecule has 0 spiro atoms. The number of rotatable bonds is 9. The van der Waals surface area contributed by atoms with Gasteiger partial charge in [-0.05, 0) is 56.7 Å². The molecule has 0 bridgehead atoms. The number of halogens is 3. The summed E-state index contributed by atoms with van der Waals surface area (Å²) < 4.78 is 69.6. The molecule has 0 unspecified atom stereocenters. The molecule has 1 aromatic heterocycles. The van der Waals surface area contributed by atoms with Gasteiger partial charge in [-0.3, -0.25) is 9.36 Å². The van der Waals surface area contributed by atoms with E-state index in [1.54, 1.807) is 13.0 Å². The summed E-state index contributed by atoms with van der Waals surface area (Å²) in [6.45, 7) is 2.59. The van der Waals surface area contributed by atoms with Gasteiger partial charge in [0.1, 0.15) is 33.0 Å². The van der Waals surface area contributed by atoms with Crippen LogP contribution in [0.5, 0.6) is 5.75 Å². The Bertz CT molecular complexity index is 1340. The summed E-state index contributed by atoms with van der Waals surface area (Å²) in [5.41, 5.74) is -0.485. The highest BCUT2D eigenvalue weighted by atomic mass is 32.2. The third-order valence-electron chi connectivity index (χ3n) is 7.20. The van der Waals surface area contributed by atoms with Crippen LogP contribution in [-0.4, -0.2) is 65.9 Å². The fraction of sp³-hybridized carbons (Fsp3) is 0.577. The van der Waals surface area contributed by atoms with Crippen molar-refractivity contribution < 1.29 is 36.2 Å².